The van der Waals surface area contributed by atoms with Gasteiger partial charge in [0.25, 0.3) is 0 Å². The molecule has 1 aliphatic rings. The van der Waals surface area contributed by atoms with Crippen molar-refractivity contribution in [1.29, 1.82) is 0 Å². The quantitative estimate of drug-likeness (QED) is 0.816. The minimum atomic E-state index is -0.259. The van der Waals surface area contributed by atoms with Gasteiger partial charge < -0.3 is 10.3 Å². The van der Waals surface area contributed by atoms with Gasteiger partial charge in [-0.05, 0) is 63.3 Å². The van der Waals surface area contributed by atoms with Crippen LogP contribution in [0.1, 0.15) is 42.7 Å². The molecule has 1 aromatic carbocycles. The summed E-state index contributed by atoms with van der Waals surface area (Å²) in [5.41, 5.74) is 13.0. The molecular formula is C16H22N2. The molecule has 0 saturated carbocycles. The first kappa shape index (κ1) is 11.8. The first-order valence-corrected chi connectivity index (χ1v) is 6.81. The van der Waals surface area contributed by atoms with Gasteiger partial charge in [-0.2, -0.15) is 0 Å². The second-order valence-electron chi connectivity index (χ2n) is 6.22. The molecule has 2 N–H and O–H groups in total. The van der Waals surface area contributed by atoms with Crippen LogP contribution in [-0.4, -0.2) is 4.57 Å². The maximum Gasteiger partial charge on any atom is 0.0517 e. The Morgan fingerprint density at radius 1 is 1.22 bits per heavy atom. The number of nitrogens with zero attached hydrogens (tertiary/aromatic N) is 1. The average Bonchev–Trinajstić information content (AvgIpc) is 2.56. The smallest absolute Gasteiger partial charge is 0.0517 e. The van der Waals surface area contributed by atoms with E-state index in [0.717, 1.165) is 6.54 Å². The first-order valence-electron chi connectivity index (χ1n) is 6.81. The highest BCUT2D eigenvalue weighted by Crippen LogP contribution is 2.35. The highest BCUT2D eigenvalue weighted by atomic mass is 15.0. The largest absolute Gasteiger partial charge is 0.344 e. The first-order chi connectivity index (χ1) is 8.39. The van der Waals surface area contributed by atoms with Gasteiger partial charge >= 0.3 is 0 Å². The third kappa shape index (κ3) is 1.52. The molecule has 3 rings (SSSR count). The van der Waals surface area contributed by atoms with E-state index in [-0.39, 0.29) is 5.54 Å². The Bertz CT molecular complexity index is 627. The van der Waals surface area contributed by atoms with Crippen molar-refractivity contribution in [3.63, 3.8) is 0 Å². The summed E-state index contributed by atoms with van der Waals surface area (Å²) in [6.45, 7) is 9.80. The van der Waals surface area contributed by atoms with Gasteiger partial charge in [-0.1, -0.05) is 6.07 Å². The van der Waals surface area contributed by atoms with Crippen molar-refractivity contribution in [3.8, 4) is 0 Å². The van der Waals surface area contributed by atoms with Crippen molar-refractivity contribution < 1.29 is 0 Å². The molecule has 0 spiro atoms. The molecule has 1 aromatic heterocycles. The minimum absolute atomic E-state index is 0.259. The lowest BCUT2D eigenvalue weighted by Crippen LogP contribution is -2.28. The van der Waals surface area contributed by atoms with E-state index in [1.807, 2.05) is 0 Å². The standard InChI is InChI=1S/C16H22N2/c1-10-11(2)18-7-5-6-12-8-13(16(3,4)17)9-14(10)15(12)18/h8-9H,5-7,17H2,1-4H3. The van der Waals surface area contributed by atoms with Gasteiger partial charge in [-0.25, -0.2) is 0 Å². The zero-order valence-electron chi connectivity index (χ0n) is 11.8. The fourth-order valence-electron chi connectivity index (χ4n) is 3.13. The molecule has 0 unspecified atom stereocenters. The lowest BCUT2D eigenvalue weighted by Gasteiger charge is -2.23. The number of aryl methyl sites for hydroxylation is 3. The van der Waals surface area contributed by atoms with Crippen molar-refractivity contribution in [2.45, 2.75) is 52.6 Å². The zero-order valence-corrected chi connectivity index (χ0v) is 11.8. The Morgan fingerprint density at radius 3 is 2.61 bits per heavy atom. The second-order valence-corrected chi connectivity index (χ2v) is 6.22. The number of benzene rings is 1. The number of rotatable bonds is 1. The zero-order chi connectivity index (χ0) is 13.1. The van der Waals surface area contributed by atoms with Crippen LogP contribution < -0.4 is 5.73 Å². The monoisotopic (exact) mass is 242 g/mol. The molecule has 0 radical (unpaired) electrons. The molecule has 2 heteroatoms. The fourth-order valence-corrected chi connectivity index (χ4v) is 3.13. The van der Waals surface area contributed by atoms with Crippen LogP contribution >= 0.6 is 0 Å². The van der Waals surface area contributed by atoms with Gasteiger partial charge in [-0.3, -0.25) is 0 Å². The lowest BCUT2D eigenvalue weighted by atomic mass is 9.90. The van der Waals surface area contributed by atoms with Gasteiger partial charge in [-0.15, -0.1) is 0 Å². The topological polar surface area (TPSA) is 30.9 Å². The van der Waals surface area contributed by atoms with E-state index >= 15 is 0 Å². The van der Waals surface area contributed by atoms with Gasteiger partial charge in [0.2, 0.25) is 0 Å². The van der Waals surface area contributed by atoms with E-state index in [4.69, 9.17) is 5.73 Å². The highest BCUT2D eigenvalue weighted by molar-refractivity contribution is 5.89. The second kappa shape index (κ2) is 3.61. The molecule has 1 aliphatic heterocycles. The van der Waals surface area contributed by atoms with Crippen molar-refractivity contribution in [3.05, 3.63) is 34.5 Å². The van der Waals surface area contributed by atoms with E-state index in [9.17, 15) is 0 Å². The SMILES string of the molecule is Cc1c(C)n2c3c(cc(C(C)(C)N)cc13)CCC2. The van der Waals surface area contributed by atoms with Crippen LogP contribution in [0.2, 0.25) is 0 Å². The number of hydrogen-bond acceptors (Lipinski definition) is 1. The third-order valence-corrected chi connectivity index (χ3v) is 4.38. The molecule has 0 atom stereocenters. The van der Waals surface area contributed by atoms with E-state index in [1.54, 1.807) is 0 Å². The summed E-state index contributed by atoms with van der Waals surface area (Å²) in [5, 5.41) is 1.40. The van der Waals surface area contributed by atoms with Crippen molar-refractivity contribution in [2.75, 3.05) is 0 Å². The highest BCUT2D eigenvalue weighted by Gasteiger charge is 2.22. The van der Waals surface area contributed by atoms with E-state index in [1.165, 1.54) is 46.1 Å². The maximum atomic E-state index is 6.28. The van der Waals surface area contributed by atoms with Crippen LogP contribution in [-0.2, 0) is 18.5 Å². The van der Waals surface area contributed by atoms with Crippen molar-refractivity contribution in [2.24, 2.45) is 5.73 Å². The minimum Gasteiger partial charge on any atom is -0.344 e. The molecule has 2 heterocycles. The number of nitrogens with two attached hydrogens (primary N) is 1. The van der Waals surface area contributed by atoms with Crippen LogP contribution in [0.3, 0.4) is 0 Å². The summed E-state index contributed by atoms with van der Waals surface area (Å²) in [4.78, 5) is 0. The summed E-state index contributed by atoms with van der Waals surface area (Å²) in [7, 11) is 0. The summed E-state index contributed by atoms with van der Waals surface area (Å²) < 4.78 is 2.48. The Balaban J connectivity index is 2.40. The van der Waals surface area contributed by atoms with Gasteiger partial charge in [0.05, 0.1) is 5.52 Å². The molecule has 0 fully saturated rings. The predicted octanol–water partition coefficient (Wildman–Crippen LogP) is 3.40. The number of hydrogen-bond donors (Lipinski definition) is 1. The van der Waals surface area contributed by atoms with Gasteiger partial charge in [0.1, 0.15) is 0 Å². The van der Waals surface area contributed by atoms with Crippen LogP contribution in [0.5, 0.6) is 0 Å². The van der Waals surface area contributed by atoms with Crippen molar-refractivity contribution in [1.82, 2.24) is 4.57 Å². The predicted molar refractivity (Wildman–Crippen MR) is 76.9 cm³/mol. The summed E-state index contributed by atoms with van der Waals surface area (Å²) in [6, 6.07) is 4.61. The van der Waals surface area contributed by atoms with Gasteiger partial charge in [0.15, 0.2) is 0 Å². The van der Waals surface area contributed by atoms with Gasteiger partial charge in [0, 0.05) is 23.2 Å². The van der Waals surface area contributed by atoms with Crippen LogP contribution in [0.25, 0.3) is 10.9 Å². The Labute approximate surface area is 109 Å². The van der Waals surface area contributed by atoms with Crippen LogP contribution in [0.4, 0.5) is 0 Å². The summed E-state index contributed by atoms with van der Waals surface area (Å²) in [6.07, 6.45) is 2.43. The molecule has 0 bridgehead atoms. The normalized spacial score (nSPS) is 15.4. The molecule has 18 heavy (non-hydrogen) atoms. The Morgan fingerprint density at radius 2 is 1.94 bits per heavy atom. The van der Waals surface area contributed by atoms with E-state index in [2.05, 4.69) is 44.4 Å². The fraction of sp³-hybridized carbons (Fsp3) is 0.500. The third-order valence-electron chi connectivity index (χ3n) is 4.38. The van der Waals surface area contributed by atoms with Crippen LogP contribution in [0, 0.1) is 13.8 Å². The molecule has 2 nitrogen and oxygen atoms in total. The van der Waals surface area contributed by atoms with Crippen LogP contribution in [0.15, 0.2) is 12.1 Å². The van der Waals surface area contributed by atoms with Crippen molar-refractivity contribution >= 4 is 10.9 Å². The molecule has 96 valence electrons. The Hall–Kier alpha value is -1.28. The molecule has 0 amide bonds. The summed E-state index contributed by atoms with van der Waals surface area (Å²) >= 11 is 0. The molecule has 0 saturated heterocycles. The Kier molecular flexibility index (Phi) is 2.36. The average molecular weight is 242 g/mol. The summed E-state index contributed by atoms with van der Waals surface area (Å²) in [5.74, 6) is 0. The number of aromatic nitrogens is 1. The molecule has 2 aromatic rings. The van der Waals surface area contributed by atoms with E-state index in [0.29, 0.717) is 0 Å². The molecule has 0 aliphatic carbocycles. The lowest BCUT2D eigenvalue weighted by molar-refractivity contribution is 0.552. The molecular weight excluding hydrogens is 220 g/mol. The maximum absolute atomic E-state index is 6.28. The van der Waals surface area contributed by atoms with E-state index < -0.39 is 0 Å².